The van der Waals surface area contributed by atoms with Crippen molar-refractivity contribution in [1.29, 1.82) is 0 Å². The summed E-state index contributed by atoms with van der Waals surface area (Å²) in [7, 11) is -1.70. The van der Waals surface area contributed by atoms with Crippen molar-refractivity contribution in [1.82, 2.24) is 4.72 Å². The maximum atomic E-state index is 13.3. The Morgan fingerprint density at radius 3 is 2.43 bits per heavy atom. The fourth-order valence-corrected chi connectivity index (χ4v) is 3.47. The number of nitrogens with one attached hydrogen (secondary N) is 1. The van der Waals surface area contributed by atoms with E-state index in [1.807, 2.05) is 6.92 Å². The van der Waals surface area contributed by atoms with Crippen LogP contribution in [0.25, 0.3) is 5.53 Å². The van der Waals surface area contributed by atoms with Gasteiger partial charge in [0.1, 0.15) is 23.4 Å². The van der Waals surface area contributed by atoms with E-state index in [-0.39, 0.29) is 13.0 Å². The van der Waals surface area contributed by atoms with Gasteiger partial charge >= 0.3 is 11.7 Å². The fraction of sp³-hybridized carbons (Fsp3) is 0.190. The number of carbonyl (C=O) groups excluding carboxylic acids is 2. The summed E-state index contributed by atoms with van der Waals surface area (Å²) >= 11 is 0. The van der Waals surface area contributed by atoms with Gasteiger partial charge in [-0.05, 0) is 36.8 Å². The summed E-state index contributed by atoms with van der Waals surface area (Å²) in [6.45, 7) is 5.11. The van der Waals surface area contributed by atoms with Gasteiger partial charge < -0.3 is 10.3 Å². The minimum atomic E-state index is -1.70. The quantitative estimate of drug-likeness (QED) is 0.156. The molecule has 2 rings (SSSR count). The Labute approximate surface area is 175 Å². The van der Waals surface area contributed by atoms with E-state index in [0.29, 0.717) is 10.5 Å². The van der Waals surface area contributed by atoms with Crippen molar-refractivity contribution in [3.63, 3.8) is 0 Å². The zero-order chi connectivity index (χ0) is 22.1. The van der Waals surface area contributed by atoms with Gasteiger partial charge in [-0.2, -0.15) is 4.79 Å². The maximum absolute atomic E-state index is 13.3. The van der Waals surface area contributed by atoms with Crippen LogP contribution in [0.1, 0.15) is 23.6 Å². The molecule has 0 aromatic heterocycles. The smallest absolute Gasteiger partial charge is 0.441 e. The molecule has 0 aliphatic rings. The average molecular weight is 429 g/mol. The Morgan fingerprint density at radius 2 is 1.87 bits per heavy atom. The molecule has 2 atom stereocenters. The Kier molecular flexibility index (Phi) is 8.49. The largest absolute Gasteiger partial charge is 0.453 e. The SMILES string of the molecule is C=CCOC(=O)C(=[N+]=[N-])C(=O)C[C@@H](N[S@@](=O)c1ccc(C)cc1)c1ccc(F)cc1. The van der Waals surface area contributed by atoms with E-state index in [0.717, 1.165) is 5.56 Å². The van der Waals surface area contributed by atoms with Crippen LogP contribution >= 0.6 is 0 Å². The van der Waals surface area contributed by atoms with Gasteiger partial charge in [-0.25, -0.2) is 18.1 Å². The summed E-state index contributed by atoms with van der Waals surface area (Å²) in [5, 5.41) is 0. The van der Waals surface area contributed by atoms with Gasteiger partial charge in [-0.1, -0.05) is 42.5 Å². The number of Topliss-reactive ketones (excluding diaryl/α,β-unsaturated/α-hetero) is 1. The number of esters is 1. The molecule has 0 radical (unpaired) electrons. The molecule has 9 heteroatoms. The molecular weight excluding hydrogens is 409 g/mol. The zero-order valence-electron chi connectivity index (χ0n) is 16.2. The molecule has 0 amide bonds. The molecule has 0 bridgehead atoms. The van der Waals surface area contributed by atoms with Crippen LogP contribution in [0.2, 0.25) is 0 Å². The molecule has 30 heavy (non-hydrogen) atoms. The lowest BCUT2D eigenvalue weighted by molar-refractivity contribution is -0.141. The van der Waals surface area contributed by atoms with Gasteiger partial charge in [0.15, 0.2) is 0 Å². The lowest BCUT2D eigenvalue weighted by Gasteiger charge is -2.17. The summed E-state index contributed by atoms with van der Waals surface area (Å²) in [6, 6.07) is 11.3. The van der Waals surface area contributed by atoms with Crippen LogP contribution in [-0.2, 0) is 25.3 Å². The molecule has 0 aliphatic carbocycles. The minimum Gasteiger partial charge on any atom is -0.453 e. The van der Waals surface area contributed by atoms with E-state index >= 15 is 0 Å². The summed E-state index contributed by atoms with van der Waals surface area (Å²) in [5.74, 6) is -2.43. The van der Waals surface area contributed by atoms with Gasteiger partial charge in [0, 0.05) is 6.42 Å². The Hall–Kier alpha value is -3.26. The van der Waals surface area contributed by atoms with Crippen LogP contribution < -0.4 is 4.72 Å². The van der Waals surface area contributed by atoms with Crippen molar-refractivity contribution >= 4 is 28.4 Å². The van der Waals surface area contributed by atoms with E-state index < -0.39 is 40.3 Å². The fourth-order valence-electron chi connectivity index (χ4n) is 2.48. The van der Waals surface area contributed by atoms with Crippen molar-refractivity contribution in [2.75, 3.05) is 6.61 Å². The molecule has 1 N–H and O–H groups in total. The van der Waals surface area contributed by atoms with E-state index in [1.165, 1.54) is 30.3 Å². The highest BCUT2D eigenvalue weighted by atomic mass is 32.2. The number of halogens is 1. The molecule has 7 nitrogen and oxygen atoms in total. The van der Waals surface area contributed by atoms with Gasteiger partial charge in [-0.15, -0.1) is 0 Å². The first-order valence-corrected chi connectivity index (χ1v) is 10.0. The predicted octanol–water partition coefficient (Wildman–Crippen LogP) is 2.85. The third-order valence-corrected chi connectivity index (χ3v) is 5.23. The average Bonchev–Trinajstić information content (AvgIpc) is 2.73. The van der Waals surface area contributed by atoms with Crippen LogP contribution in [0.3, 0.4) is 0 Å². The number of rotatable bonds is 10. The van der Waals surface area contributed by atoms with Crippen LogP contribution in [0.5, 0.6) is 0 Å². The van der Waals surface area contributed by atoms with Crippen LogP contribution in [0.4, 0.5) is 4.39 Å². The maximum Gasteiger partial charge on any atom is 0.441 e. The first kappa shape index (κ1) is 23.0. The Morgan fingerprint density at radius 1 is 1.23 bits per heavy atom. The molecule has 0 unspecified atom stereocenters. The second kappa shape index (κ2) is 11.1. The first-order valence-electron chi connectivity index (χ1n) is 8.89. The minimum absolute atomic E-state index is 0.164. The zero-order valence-corrected chi connectivity index (χ0v) is 17.0. The Bertz CT molecular complexity index is 1000. The van der Waals surface area contributed by atoms with Crippen LogP contribution in [-0.4, -0.2) is 33.1 Å². The monoisotopic (exact) mass is 429 g/mol. The summed E-state index contributed by atoms with van der Waals surface area (Å²) < 4.78 is 33.6. The van der Waals surface area contributed by atoms with Gasteiger partial charge in [-0.3, -0.25) is 4.79 Å². The standard InChI is InChI=1S/C21H20FN3O4S/c1-3-12-29-21(27)20(24-23)19(26)13-18(15-6-8-16(22)9-7-15)25-30(28)17-10-4-14(2)5-11-17/h3-11,18,25H,1,12-13H2,2H3/t18-,30+/m1/s1. The van der Waals surface area contributed by atoms with Crippen molar-refractivity contribution in [3.8, 4) is 0 Å². The number of hydrogen-bond acceptors (Lipinski definition) is 4. The highest BCUT2D eigenvalue weighted by Gasteiger charge is 2.33. The van der Waals surface area contributed by atoms with Gasteiger partial charge in [0.2, 0.25) is 0 Å². The molecular formula is C21H20FN3O4S. The van der Waals surface area contributed by atoms with E-state index in [9.17, 15) is 18.2 Å². The molecule has 0 heterocycles. The van der Waals surface area contributed by atoms with E-state index in [4.69, 9.17) is 10.3 Å². The Balaban J connectivity index is 2.26. The molecule has 0 saturated heterocycles. The number of aryl methyl sites for hydroxylation is 1. The molecule has 156 valence electrons. The normalized spacial score (nSPS) is 12.3. The first-order chi connectivity index (χ1) is 14.3. The van der Waals surface area contributed by atoms with E-state index in [1.54, 1.807) is 24.3 Å². The number of ether oxygens (including phenoxy) is 1. The topological polar surface area (TPSA) is 109 Å². The van der Waals surface area contributed by atoms with E-state index in [2.05, 4.69) is 16.1 Å². The number of carbonyl (C=O) groups is 2. The second-order valence-electron chi connectivity index (χ2n) is 6.27. The van der Waals surface area contributed by atoms with Crippen molar-refractivity contribution in [2.24, 2.45) is 0 Å². The molecule has 0 saturated carbocycles. The van der Waals surface area contributed by atoms with Gasteiger partial charge in [0.25, 0.3) is 5.78 Å². The van der Waals surface area contributed by atoms with Gasteiger partial charge in [0.05, 0.1) is 10.9 Å². The highest BCUT2D eigenvalue weighted by molar-refractivity contribution is 7.83. The molecule has 0 spiro atoms. The summed E-state index contributed by atoms with van der Waals surface area (Å²) in [4.78, 5) is 27.7. The van der Waals surface area contributed by atoms with Crippen LogP contribution in [0, 0.1) is 12.7 Å². The number of ketones is 1. The van der Waals surface area contributed by atoms with Crippen molar-refractivity contribution in [2.45, 2.75) is 24.3 Å². The number of benzene rings is 2. The molecule has 2 aromatic rings. The highest BCUT2D eigenvalue weighted by Crippen LogP contribution is 2.20. The third kappa shape index (κ3) is 6.38. The second-order valence-corrected chi connectivity index (χ2v) is 7.51. The number of nitrogens with zero attached hydrogens (tertiary/aromatic N) is 2. The van der Waals surface area contributed by atoms with Crippen LogP contribution in [0.15, 0.2) is 66.1 Å². The number of hydrogen-bond donors (Lipinski definition) is 1. The predicted molar refractivity (Wildman–Crippen MR) is 109 cm³/mol. The molecule has 0 fully saturated rings. The molecule has 2 aromatic carbocycles. The van der Waals surface area contributed by atoms with Crippen molar-refractivity contribution < 1.29 is 27.7 Å². The summed E-state index contributed by atoms with van der Waals surface area (Å²) in [5.41, 5.74) is 9.73. The molecule has 0 aliphatic heterocycles. The lowest BCUT2D eigenvalue weighted by Crippen LogP contribution is -2.32. The summed E-state index contributed by atoms with van der Waals surface area (Å²) in [6.07, 6.45) is 0.913. The lowest BCUT2D eigenvalue weighted by atomic mass is 10.0. The third-order valence-electron chi connectivity index (χ3n) is 4.04. The van der Waals surface area contributed by atoms with Crippen molar-refractivity contribution in [3.05, 3.63) is 83.7 Å².